The number of hydrogen-bond acceptors (Lipinski definition) is 6. The minimum Gasteiger partial charge on any atom is -0.358 e. The van der Waals surface area contributed by atoms with Crippen molar-refractivity contribution in [3.8, 4) is 6.07 Å². The molecule has 94 valence electrons. The summed E-state index contributed by atoms with van der Waals surface area (Å²) < 4.78 is 0. The summed E-state index contributed by atoms with van der Waals surface area (Å²) in [6, 6.07) is 4.17. The third-order valence-corrected chi connectivity index (χ3v) is 3.37. The minimum atomic E-state index is 0.489. The van der Waals surface area contributed by atoms with Crippen molar-refractivity contribution in [2.24, 2.45) is 0 Å². The molecule has 2 heterocycles. The molecule has 0 saturated carbocycles. The summed E-state index contributed by atoms with van der Waals surface area (Å²) in [4.78, 5) is 11.9. The fourth-order valence-corrected chi connectivity index (χ4v) is 2.45. The van der Waals surface area contributed by atoms with E-state index in [2.05, 4.69) is 21.4 Å². The first-order valence-electron chi connectivity index (χ1n) is 5.83. The number of anilines is 2. The number of hydrogen-bond donors (Lipinski definition) is 1. The molecule has 6 heteroatoms. The number of thiophene rings is 1. The van der Waals surface area contributed by atoms with Gasteiger partial charge in [0.05, 0.1) is 17.9 Å². The monoisotopic (exact) mass is 261 g/mol. The van der Waals surface area contributed by atoms with Crippen molar-refractivity contribution in [1.29, 1.82) is 5.26 Å². The van der Waals surface area contributed by atoms with Crippen LogP contribution in [0.25, 0.3) is 10.2 Å². The molecule has 2 aromatic rings. The zero-order valence-electron chi connectivity index (χ0n) is 10.5. The number of aromatic nitrogens is 2. The molecule has 0 atom stereocenters. The van der Waals surface area contributed by atoms with Crippen molar-refractivity contribution < 1.29 is 0 Å². The van der Waals surface area contributed by atoms with Crippen LogP contribution < -0.4 is 10.2 Å². The van der Waals surface area contributed by atoms with E-state index in [0.29, 0.717) is 18.9 Å². The van der Waals surface area contributed by atoms with Gasteiger partial charge < -0.3 is 10.2 Å². The quantitative estimate of drug-likeness (QED) is 0.895. The summed E-state index contributed by atoms with van der Waals surface area (Å²) in [5.41, 5.74) is 0. The lowest BCUT2D eigenvalue weighted by Crippen LogP contribution is -2.20. The molecule has 0 aliphatic carbocycles. The first-order chi connectivity index (χ1) is 8.76. The Balaban J connectivity index is 2.40. The molecular formula is C12H15N5S. The van der Waals surface area contributed by atoms with E-state index >= 15 is 0 Å². The molecule has 0 bridgehead atoms. The Morgan fingerprint density at radius 1 is 1.50 bits per heavy atom. The molecule has 0 fully saturated rings. The Labute approximate surface area is 110 Å². The van der Waals surface area contributed by atoms with Gasteiger partial charge in [-0.3, -0.25) is 0 Å². The van der Waals surface area contributed by atoms with Gasteiger partial charge in [0, 0.05) is 20.1 Å². The first kappa shape index (κ1) is 12.6. The summed E-state index contributed by atoms with van der Waals surface area (Å²) in [7, 11) is 1.95. The standard InChI is InChI=1S/C12H15N5S/c1-3-14-12-15-10(17(2)7-4-6-13)9-5-8-18-11(9)16-12/h5,8H,3-4,7H2,1-2H3,(H,14,15,16). The average Bonchev–Trinajstić information content (AvgIpc) is 2.83. The summed E-state index contributed by atoms with van der Waals surface area (Å²) in [5, 5.41) is 14.8. The summed E-state index contributed by atoms with van der Waals surface area (Å²) in [5.74, 6) is 1.53. The maximum Gasteiger partial charge on any atom is 0.226 e. The molecule has 5 nitrogen and oxygen atoms in total. The molecule has 2 aromatic heterocycles. The van der Waals surface area contributed by atoms with Gasteiger partial charge in [-0.05, 0) is 18.4 Å². The van der Waals surface area contributed by atoms with E-state index in [-0.39, 0.29) is 0 Å². The Kier molecular flexibility index (Phi) is 3.95. The molecule has 0 amide bonds. The average molecular weight is 261 g/mol. The Morgan fingerprint density at radius 3 is 3.06 bits per heavy atom. The van der Waals surface area contributed by atoms with Crippen LogP contribution in [-0.2, 0) is 0 Å². The summed E-state index contributed by atoms with van der Waals surface area (Å²) in [6.45, 7) is 3.48. The summed E-state index contributed by atoms with van der Waals surface area (Å²) >= 11 is 1.60. The number of nitrogens with zero attached hydrogens (tertiary/aromatic N) is 4. The molecule has 1 N–H and O–H groups in total. The van der Waals surface area contributed by atoms with E-state index in [1.54, 1.807) is 11.3 Å². The topological polar surface area (TPSA) is 64.8 Å². The summed E-state index contributed by atoms with van der Waals surface area (Å²) in [6.07, 6.45) is 0.489. The van der Waals surface area contributed by atoms with Gasteiger partial charge in [-0.1, -0.05) is 0 Å². The lowest BCUT2D eigenvalue weighted by Gasteiger charge is -2.18. The predicted molar refractivity (Wildman–Crippen MR) is 75.1 cm³/mol. The van der Waals surface area contributed by atoms with E-state index in [1.807, 2.05) is 30.3 Å². The van der Waals surface area contributed by atoms with Crippen molar-refractivity contribution in [3.63, 3.8) is 0 Å². The number of rotatable bonds is 5. The van der Waals surface area contributed by atoms with Gasteiger partial charge in [-0.25, -0.2) is 4.98 Å². The van der Waals surface area contributed by atoms with E-state index in [4.69, 9.17) is 5.26 Å². The van der Waals surface area contributed by atoms with Crippen molar-refractivity contribution in [2.75, 3.05) is 30.4 Å². The lowest BCUT2D eigenvalue weighted by molar-refractivity contribution is 0.887. The molecule has 0 unspecified atom stereocenters. The number of nitrogens with one attached hydrogen (secondary N) is 1. The molecule has 2 rings (SSSR count). The van der Waals surface area contributed by atoms with Gasteiger partial charge in [0.15, 0.2) is 0 Å². The van der Waals surface area contributed by atoms with Crippen LogP contribution in [0.5, 0.6) is 0 Å². The first-order valence-corrected chi connectivity index (χ1v) is 6.71. The fraction of sp³-hybridized carbons (Fsp3) is 0.417. The van der Waals surface area contributed by atoms with Gasteiger partial charge in [0.1, 0.15) is 10.6 Å². The highest BCUT2D eigenvalue weighted by Crippen LogP contribution is 2.28. The molecule has 0 aromatic carbocycles. The zero-order chi connectivity index (χ0) is 13.0. The van der Waals surface area contributed by atoms with Crippen LogP contribution in [0.1, 0.15) is 13.3 Å². The second-order valence-corrected chi connectivity index (χ2v) is 4.76. The Hall–Kier alpha value is -1.87. The fourth-order valence-electron chi connectivity index (χ4n) is 1.69. The minimum absolute atomic E-state index is 0.489. The van der Waals surface area contributed by atoms with Gasteiger partial charge in [0.2, 0.25) is 5.95 Å². The van der Waals surface area contributed by atoms with Crippen LogP contribution in [0.3, 0.4) is 0 Å². The molecule has 0 aliphatic rings. The second kappa shape index (κ2) is 5.65. The van der Waals surface area contributed by atoms with Crippen LogP contribution in [-0.4, -0.2) is 30.1 Å². The molecule has 18 heavy (non-hydrogen) atoms. The SMILES string of the molecule is CCNc1nc(N(C)CCC#N)c2ccsc2n1. The normalized spacial score (nSPS) is 10.3. The van der Waals surface area contributed by atoms with Crippen LogP contribution in [0, 0.1) is 11.3 Å². The molecule has 0 saturated heterocycles. The molecular weight excluding hydrogens is 246 g/mol. The maximum atomic E-state index is 8.65. The van der Waals surface area contributed by atoms with E-state index < -0.39 is 0 Å². The third-order valence-electron chi connectivity index (χ3n) is 2.56. The Morgan fingerprint density at radius 2 is 2.33 bits per heavy atom. The predicted octanol–water partition coefficient (Wildman–Crippen LogP) is 2.47. The highest BCUT2D eigenvalue weighted by atomic mass is 32.1. The van der Waals surface area contributed by atoms with Gasteiger partial charge in [0.25, 0.3) is 0 Å². The van der Waals surface area contributed by atoms with E-state index in [1.165, 1.54) is 0 Å². The van der Waals surface area contributed by atoms with Crippen molar-refractivity contribution in [1.82, 2.24) is 9.97 Å². The van der Waals surface area contributed by atoms with Gasteiger partial charge in [-0.2, -0.15) is 10.2 Å². The molecule has 0 radical (unpaired) electrons. The maximum absolute atomic E-state index is 8.65. The lowest BCUT2D eigenvalue weighted by atomic mass is 10.3. The van der Waals surface area contributed by atoms with Crippen molar-refractivity contribution >= 4 is 33.3 Å². The number of nitriles is 1. The second-order valence-electron chi connectivity index (χ2n) is 3.87. The highest BCUT2D eigenvalue weighted by Gasteiger charge is 2.12. The zero-order valence-corrected chi connectivity index (χ0v) is 11.3. The van der Waals surface area contributed by atoms with Gasteiger partial charge >= 0.3 is 0 Å². The van der Waals surface area contributed by atoms with E-state index in [0.717, 1.165) is 22.6 Å². The van der Waals surface area contributed by atoms with Crippen LogP contribution in [0.4, 0.5) is 11.8 Å². The van der Waals surface area contributed by atoms with Gasteiger partial charge in [-0.15, -0.1) is 11.3 Å². The van der Waals surface area contributed by atoms with Crippen LogP contribution in [0.2, 0.25) is 0 Å². The van der Waals surface area contributed by atoms with E-state index in [9.17, 15) is 0 Å². The smallest absolute Gasteiger partial charge is 0.226 e. The highest BCUT2D eigenvalue weighted by molar-refractivity contribution is 7.16. The Bertz CT molecular complexity index is 571. The molecule has 0 spiro atoms. The number of fused-ring (bicyclic) bond motifs is 1. The van der Waals surface area contributed by atoms with Crippen molar-refractivity contribution in [2.45, 2.75) is 13.3 Å². The largest absolute Gasteiger partial charge is 0.358 e. The molecule has 0 aliphatic heterocycles. The van der Waals surface area contributed by atoms with Crippen LogP contribution >= 0.6 is 11.3 Å². The third kappa shape index (κ3) is 2.51. The van der Waals surface area contributed by atoms with Crippen LogP contribution in [0.15, 0.2) is 11.4 Å². The van der Waals surface area contributed by atoms with Crippen molar-refractivity contribution in [3.05, 3.63) is 11.4 Å².